The third kappa shape index (κ3) is 3.86. The Kier molecular flexibility index (Phi) is 5.55. The van der Waals surface area contributed by atoms with Crippen LogP contribution in [0, 0.1) is 0 Å². The standard InChI is InChI=1S/C22H27N5O/c1-2-3-12-26-14-11-25-21(26)19-8-5-13-27(16-19)22(28)18-7-4-6-17(15-18)20-23-9-10-24-20/h4,6-7,9-11,14-15,19H,2-3,5,8,12-13,16H2,1H3,(H,23,24). The van der Waals surface area contributed by atoms with E-state index in [1.54, 1.807) is 12.4 Å². The van der Waals surface area contributed by atoms with Gasteiger partial charge in [0.15, 0.2) is 0 Å². The summed E-state index contributed by atoms with van der Waals surface area (Å²) >= 11 is 0. The van der Waals surface area contributed by atoms with Crippen molar-refractivity contribution in [1.29, 1.82) is 0 Å². The van der Waals surface area contributed by atoms with Gasteiger partial charge in [0.25, 0.3) is 5.91 Å². The van der Waals surface area contributed by atoms with Gasteiger partial charge in [-0.25, -0.2) is 9.97 Å². The summed E-state index contributed by atoms with van der Waals surface area (Å²) in [5.41, 5.74) is 1.64. The van der Waals surface area contributed by atoms with E-state index in [0.29, 0.717) is 11.5 Å². The molecule has 1 aliphatic heterocycles. The van der Waals surface area contributed by atoms with E-state index in [2.05, 4.69) is 32.6 Å². The highest BCUT2D eigenvalue weighted by Crippen LogP contribution is 2.27. The zero-order valence-electron chi connectivity index (χ0n) is 16.3. The van der Waals surface area contributed by atoms with E-state index in [1.165, 1.54) is 6.42 Å². The van der Waals surface area contributed by atoms with Crippen LogP contribution in [0.1, 0.15) is 54.7 Å². The molecule has 146 valence electrons. The fourth-order valence-electron chi connectivity index (χ4n) is 3.98. The smallest absolute Gasteiger partial charge is 0.253 e. The minimum Gasteiger partial charge on any atom is -0.345 e. The summed E-state index contributed by atoms with van der Waals surface area (Å²) in [6.45, 7) is 4.73. The number of likely N-dealkylation sites (tertiary alicyclic amines) is 1. The van der Waals surface area contributed by atoms with Crippen molar-refractivity contribution in [2.75, 3.05) is 13.1 Å². The molecule has 1 aromatic carbocycles. The maximum Gasteiger partial charge on any atom is 0.253 e. The highest BCUT2D eigenvalue weighted by Gasteiger charge is 2.28. The number of hydrogen-bond acceptors (Lipinski definition) is 3. The molecule has 1 N–H and O–H groups in total. The largest absolute Gasteiger partial charge is 0.345 e. The molecule has 1 unspecified atom stereocenters. The number of hydrogen-bond donors (Lipinski definition) is 1. The number of unbranched alkanes of at least 4 members (excludes halogenated alkanes) is 1. The fourth-order valence-corrected chi connectivity index (χ4v) is 3.98. The van der Waals surface area contributed by atoms with Crippen LogP contribution in [-0.2, 0) is 6.54 Å². The van der Waals surface area contributed by atoms with Gasteiger partial charge in [0.05, 0.1) is 0 Å². The van der Waals surface area contributed by atoms with Crippen molar-refractivity contribution >= 4 is 5.91 Å². The van der Waals surface area contributed by atoms with Crippen molar-refractivity contribution in [3.05, 3.63) is 60.4 Å². The van der Waals surface area contributed by atoms with E-state index in [0.717, 1.165) is 56.1 Å². The Labute approximate surface area is 165 Å². The van der Waals surface area contributed by atoms with Gasteiger partial charge in [-0.3, -0.25) is 4.79 Å². The van der Waals surface area contributed by atoms with Crippen LogP contribution >= 0.6 is 0 Å². The third-order valence-corrected chi connectivity index (χ3v) is 5.46. The normalized spacial score (nSPS) is 17.0. The molecule has 0 radical (unpaired) electrons. The molecule has 3 heterocycles. The van der Waals surface area contributed by atoms with Gasteiger partial charge < -0.3 is 14.5 Å². The number of imidazole rings is 2. The second-order valence-electron chi connectivity index (χ2n) is 7.44. The van der Waals surface area contributed by atoms with Gasteiger partial charge in [-0.15, -0.1) is 0 Å². The van der Waals surface area contributed by atoms with Crippen molar-refractivity contribution in [3.8, 4) is 11.4 Å². The number of amides is 1. The van der Waals surface area contributed by atoms with Gasteiger partial charge in [0.2, 0.25) is 0 Å². The Hall–Kier alpha value is -2.89. The zero-order chi connectivity index (χ0) is 19.3. The van der Waals surface area contributed by atoms with Crippen molar-refractivity contribution < 1.29 is 4.79 Å². The number of benzene rings is 1. The predicted octanol–water partition coefficient (Wildman–Crippen LogP) is 4.09. The average Bonchev–Trinajstić information content (AvgIpc) is 3.44. The van der Waals surface area contributed by atoms with Crippen LogP contribution in [0.4, 0.5) is 0 Å². The Balaban J connectivity index is 1.50. The van der Waals surface area contributed by atoms with Crippen LogP contribution in [0.25, 0.3) is 11.4 Å². The van der Waals surface area contributed by atoms with E-state index >= 15 is 0 Å². The van der Waals surface area contributed by atoms with Gasteiger partial charge in [0.1, 0.15) is 11.6 Å². The molecule has 1 fully saturated rings. The quantitative estimate of drug-likeness (QED) is 0.703. The molecule has 0 saturated carbocycles. The van der Waals surface area contributed by atoms with Gasteiger partial charge in [0, 0.05) is 61.5 Å². The number of carbonyl (C=O) groups excluding carboxylic acids is 1. The number of aromatic amines is 1. The number of nitrogens with one attached hydrogen (secondary N) is 1. The van der Waals surface area contributed by atoms with Gasteiger partial charge in [-0.05, 0) is 31.4 Å². The highest BCUT2D eigenvalue weighted by atomic mass is 16.2. The first kappa shape index (κ1) is 18.5. The van der Waals surface area contributed by atoms with E-state index in [4.69, 9.17) is 0 Å². The van der Waals surface area contributed by atoms with Crippen LogP contribution in [0.15, 0.2) is 49.1 Å². The van der Waals surface area contributed by atoms with Gasteiger partial charge in [-0.2, -0.15) is 0 Å². The molecule has 4 rings (SSSR count). The van der Waals surface area contributed by atoms with Crippen molar-refractivity contribution in [2.24, 2.45) is 0 Å². The number of piperidine rings is 1. The topological polar surface area (TPSA) is 66.8 Å². The lowest BCUT2D eigenvalue weighted by atomic mass is 9.96. The van der Waals surface area contributed by atoms with Crippen molar-refractivity contribution in [3.63, 3.8) is 0 Å². The molecule has 1 saturated heterocycles. The second kappa shape index (κ2) is 8.42. The van der Waals surface area contributed by atoms with Crippen molar-refractivity contribution in [2.45, 2.75) is 45.1 Å². The summed E-state index contributed by atoms with van der Waals surface area (Å²) in [5.74, 6) is 2.29. The minimum absolute atomic E-state index is 0.0878. The number of rotatable bonds is 6. The molecule has 1 amide bonds. The van der Waals surface area contributed by atoms with Gasteiger partial charge >= 0.3 is 0 Å². The second-order valence-corrected chi connectivity index (χ2v) is 7.44. The van der Waals surface area contributed by atoms with E-state index in [9.17, 15) is 4.79 Å². The Bertz CT molecular complexity index is 915. The highest BCUT2D eigenvalue weighted by molar-refractivity contribution is 5.95. The SMILES string of the molecule is CCCCn1ccnc1C1CCCN(C(=O)c2cccc(-c3ncc[nH]3)c2)C1. The molecule has 28 heavy (non-hydrogen) atoms. The minimum atomic E-state index is 0.0878. The lowest BCUT2D eigenvalue weighted by Gasteiger charge is -2.33. The molecule has 0 aliphatic carbocycles. The van der Waals surface area contributed by atoms with E-state index in [1.807, 2.05) is 35.4 Å². The zero-order valence-corrected chi connectivity index (χ0v) is 16.3. The number of carbonyl (C=O) groups is 1. The molecule has 2 aromatic heterocycles. The molecule has 1 aliphatic rings. The number of nitrogens with zero attached hydrogens (tertiary/aromatic N) is 4. The summed E-state index contributed by atoms with van der Waals surface area (Å²) in [5, 5.41) is 0. The molecule has 6 nitrogen and oxygen atoms in total. The Morgan fingerprint density at radius 3 is 3.04 bits per heavy atom. The van der Waals surface area contributed by atoms with Crippen LogP contribution in [-0.4, -0.2) is 43.4 Å². The molecule has 1 atom stereocenters. The van der Waals surface area contributed by atoms with Crippen LogP contribution in [0.5, 0.6) is 0 Å². The number of H-pyrrole nitrogens is 1. The summed E-state index contributed by atoms with van der Waals surface area (Å²) in [6, 6.07) is 7.71. The summed E-state index contributed by atoms with van der Waals surface area (Å²) in [6.07, 6.45) is 11.9. The Morgan fingerprint density at radius 1 is 1.29 bits per heavy atom. The lowest BCUT2D eigenvalue weighted by Crippen LogP contribution is -2.39. The number of aromatic nitrogens is 4. The first-order valence-electron chi connectivity index (χ1n) is 10.2. The molecular weight excluding hydrogens is 350 g/mol. The molecule has 6 heteroatoms. The van der Waals surface area contributed by atoms with Crippen LogP contribution in [0.2, 0.25) is 0 Å². The summed E-state index contributed by atoms with van der Waals surface area (Å²) in [7, 11) is 0. The summed E-state index contributed by atoms with van der Waals surface area (Å²) in [4.78, 5) is 27.2. The molecule has 0 bridgehead atoms. The third-order valence-electron chi connectivity index (χ3n) is 5.46. The summed E-state index contributed by atoms with van der Waals surface area (Å²) < 4.78 is 2.26. The monoisotopic (exact) mass is 377 g/mol. The lowest BCUT2D eigenvalue weighted by molar-refractivity contribution is 0.0703. The fraction of sp³-hybridized carbons (Fsp3) is 0.409. The molecular formula is C22H27N5O. The average molecular weight is 377 g/mol. The maximum atomic E-state index is 13.2. The first-order chi connectivity index (χ1) is 13.8. The number of aryl methyl sites for hydroxylation is 1. The van der Waals surface area contributed by atoms with Crippen LogP contribution < -0.4 is 0 Å². The Morgan fingerprint density at radius 2 is 2.21 bits per heavy atom. The van der Waals surface area contributed by atoms with Crippen molar-refractivity contribution in [1.82, 2.24) is 24.4 Å². The van der Waals surface area contributed by atoms with Crippen LogP contribution in [0.3, 0.4) is 0 Å². The molecule has 3 aromatic rings. The maximum absolute atomic E-state index is 13.2. The van der Waals surface area contributed by atoms with E-state index in [-0.39, 0.29) is 5.91 Å². The van der Waals surface area contributed by atoms with Gasteiger partial charge in [-0.1, -0.05) is 25.5 Å². The van der Waals surface area contributed by atoms with E-state index < -0.39 is 0 Å². The molecule has 0 spiro atoms. The predicted molar refractivity (Wildman–Crippen MR) is 109 cm³/mol. The first-order valence-corrected chi connectivity index (χ1v) is 10.2.